The Labute approximate surface area is 91.9 Å². The molecule has 0 aliphatic carbocycles. The van der Waals surface area contributed by atoms with Gasteiger partial charge in [0, 0.05) is 12.6 Å². The first-order valence-electron chi connectivity index (χ1n) is 5.64. The SMILES string of the molecule is CC(C)N1C[C@H](C)OC1c1ccccc1. The number of benzene rings is 1. The number of nitrogens with zero attached hydrogens (tertiary/aromatic N) is 1. The summed E-state index contributed by atoms with van der Waals surface area (Å²) >= 11 is 0. The van der Waals surface area contributed by atoms with E-state index in [1.54, 1.807) is 0 Å². The van der Waals surface area contributed by atoms with Crippen LogP contribution in [-0.2, 0) is 4.74 Å². The molecule has 0 bridgehead atoms. The highest BCUT2D eigenvalue weighted by Gasteiger charge is 2.32. The predicted molar refractivity (Wildman–Crippen MR) is 61.6 cm³/mol. The van der Waals surface area contributed by atoms with Crippen LogP contribution in [0.3, 0.4) is 0 Å². The zero-order valence-corrected chi connectivity index (χ0v) is 9.68. The molecule has 0 saturated carbocycles. The summed E-state index contributed by atoms with van der Waals surface area (Å²) < 4.78 is 5.95. The van der Waals surface area contributed by atoms with Crippen LogP contribution in [0.15, 0.2) is 30.3 Å². The number of hydrogen-bond donors (Lipinski definition) is 0. The first kappa shape index (κ1) is 10.7. The fourth-order valence-corrected chi connectivity index (χ4v) is 2.10. The molecule has 2 rings (SSSR count). The molecule has 1 heterocycles. The Bertz CT molecular complexity index is 310. The van der Waals surface area contributed by atoms with E-state index in [2.05, 4.69) is 49.9 Å². The first-order valence-corrected chi connectivity index (χ1v) is 5.64. The minimum absolute atomic E-state index is 0.140. The lowest BCUT2D eigenvalue weighted by atomic mass is 10.1. The summed E-state index contributed by atoms with van der Waals surface area (Å²) in [6, 6.07) is 11.0. The smallest absolute Gasteiger partial charge is 0.137 e. The van der Waals surface area contributed by atoms with E-state index in [0.29, 0.717) is 12.1 Å². The van der Waals surface area contributed by atoms with Crippen molar-refractivity contribution >= 4 is 0 Å². The van der Waals surface area contributed by atoms with E-state index in [-0.39, 0.29) is 6.23 Å². The van der Waals surface area contributed by atoms with Crippen molar-refractivity contribution in [2.45, 2.75) is 39.1 Å². The Morgan fingerprint density at radius 1 is 1.27 bits per heavy atom. The average molecular weight is 205 g/mol. The molecule has 0 aromatic heterocycles. The molecular formula is C13H19NO. The van der Waals surface area contributed by atoms with Crippen molar-refractivity contribution < 1.29 is 4.74 Å². The third-order valence-corrected chi connectivity index (χ3v) is 2.88. The first-order chi connectivity index (χ1) is 7.18. The average Bonchev–Trinajstić information content (AvgIpc) is 2.62. The van der Waals surface area contributed by atoms with Crippen LogP contribution in [0.2, 0.25) is 0 Å². The Morgan fingerprint density at radius 3 is 2.53 bits per heavy atom. The van der Waals surface area contributed by atoms with Crippen molar-refractivity contribution in [3.05, 3.63) is 35.9 Å². The van der Waals surface area contributed by atoms with Gasteiger partial charge in [-0.15, -0.1) is 0 Å². The van der Waals surface area contributed by atoms with Gasteiger partial charge < -0.3 is 4.74 Å². The van der Waals surface area contributed by atoms with Crippen LogP contribution in [-0.4, -0.2) is 23.6 Å². The largest absolute Gasteiger partial charge is 0.355 e. The van der Waals surface area contributed by atoms with Gasteiger partial charge in [-0.05, 0) is 26.3 Å². The maximum Gasteiger partial charge on any atom is 0.137 e. The summed E-state index contributed by atoms with van der Waals surface area (Å²) in [5, 5.41) is 0. The second kappa shape index (κ2) is 4.33. The second-order valence-electron chi connectivity index (χ2n) is 4.50. The fourth-order valence-electron chi connectivity index (χ4n) is 2.10. The Hall–Kier alpha value is -0.860. The van der Waals surface area contributed by atoms with Gasteiger partial charge in [0.2, 0.25) is 0 Å². The zero-order valence-electron chi connectivity index (χ0n) is 9.68. The molecular weight excluding hydrogens is 186 g/mol. The van der Waals surface area contributed by atoms with Gasteiger partial charge >= 0.3 is 0 Å². The van der Waals surface area contributed by atoms with Gasteiger partial charge in [-0.1, -0.05) is 30.3 Å². The molecule has 1 aromatic carbocycles. The van der Waals surface area contributed by atoms with Gasteiger partial charge in [0.1, 0.15) is 6.23 Å². The van der Waals surface area contributed by atoms with Crippen molar-refractivity contribution in [1.82, 2.24) is 4.90 Å². The maximum atomic E-state index is 5.95. The molecule has 2 nitrogen and oxygen atoms in total. The molecule has 0 spiro atoms. The van der Waals surface area contributed by atoms with Gasteiger partial charge in [0.05, 0.1) is 6.10 Å². The molecule has 1 saturated heterocycles. The second-order valence-corrected chi connectivity index (χ2v) is 4.50. The molecule has 82 valence electrons. The molecule has 0 amide bonds. The van der Waals surface area contributed by atoms with E-state index < -0.39 is 0 Å². The fraction of sp³-hybridized carbons (Fsp3) is 0.538. The van der Waals surface area contributed by atoms with Crippen molar-refractivity contribution in [1.29, 1.82) is 0 Å². The summed E-state index contributed by atoms with van der Waals surface area (Å²) in [4.78, 5) is 2.40. The third kappa shape index (κ3) is 2.21. The lowest BCUT2D eigenvalue weighted by molar-refractivity contribution is -0.00591. The number of rotatable bonds is 2. The highest BCUT2D eigenvalue weighted by Crippen LogP contribution is 2.31. The third-order valence-electron chi connectivity index (χ3n) is 2.88. The molecule has 15 heavy (non-hydrogen) atoms. The van der Waals surface area contributed by atoms with Crippen LogP contribution in [0.25, 0.3) is 0 Å². The van der Waals surface area contributed by atoms with Crippen molar-refractivity contribution in [2.75, 3.05) is 6.54 Å². The van der Waals surface area contributed by atoms with Crippen LogP contribution in [0, 0.1) is 0 Å². The quantitative estimate of drug-likeness (QED) is 0.736. The molecule has 1 unspecified atom stereocenters. The van der Waals surface area contributed by atoms with Crippen molar-refractivity contribution in [3.8, 4) is 0 Å². The maximum absolute atomic E-state index is 5.95. The molecule has 1 aromatic rings. The van der Waals surface area contributed by atoms with Gasteiger partial charge in [-0.3, -0.25) is 4.90 Å². The highest BCUT2D eigenvalue weighted by atomic mass is 16.5. The topological polar surface area (TPSA) is 12.5 Å². The van der Waals surface area contributed by atoms with E-state index in [1.807, 2.05) is 6.07 Å². The monoisotopic (exact) mass is 205 g/mol. The summed E-state index contributed by atoms with van der Waals surface area (Å²) in [7, 11) is 0. The lowest BCUT2D eigenvalue weighted by Gasteiger charge is -2.26. The molecule has 0 radical (unpaired) electrons. The van der Waals surface area contributed by atoms with Crippen LogP contribution in [0.4, 0.5) is 0 Å². The van der Waals surface area contributed by atoms with E-state index in [9.17, 15) is 0 Å². The minimum atomic E-state index is 0.140. The summed E-state index contributed by atoms with van der Waals surface area (Å²) in [5.41, 5.74) is 1.26. The van der Waals surface area contributed by atoms with E-state index in [1.165, 1.54) is 5.56 Å². The Kier molecular flexibility index (Phi) is 3.08. The number of hydrogen-bond acceptors (Lipinski definition) is 2. The summed E-state index contributed by atoms with van der Waals surface area (Å²) in [5.74, 6) is 0. The molecule has 2 heteroatoms. The molecule has 1 fully saturated rings. The van der Waals surface area contributed by atoms with Gasteiger partial charge in [0.15, 0.2) is 0 Å². The predicted octanol–water partition coefficient (Wildman–Crippen LogP) is 2.81. The molecule has 2 atom stereocenters. The molecule has 1 aliphatic rings. The van der Waals surface area contributed by atoms with E-state index in [0.717, 1.165) is 6.54 Å². The van der Waals surface area contributed by atoms with Crippen molar-refractivity contribution in [3.63, 3.8) is 0 Å². The molecule has 1 aliphatic heterocycles. The van der Waals surface area contributed by atoms with Crippen molar-refractivity contribution in [2.24, 2.45) is 0 Å². The molecule has 0 N–H and O–H groups in total. The van der Waals surface area contributed by atoms with E-state index in [4.69, 9.17) is 4.74 Å². The van der Waals surface area contributed by atoms with Gasteiger partial charge in [-0.25, -0.2) is 0 Å². The highest BCUT2D eigenvalue weighted by molar-refractivity contribution is 5.18. The van der Waals surface area contributed by atoms with Crippen LogP contribution in [0.5, 0.6) is 0 Å². The Morgan fingerprint density at radius 2 is 1.93 bits per heavy atom. The standard InChI is InChI=1S/C13H19NO/c1-10(2)14-9-11(3)15-13(14)12-7-5-4-6-8-12/h4-8,10-11,13H,9H2,1-3H3/t11-,13?/m0/s1. The lowest BCUT2D eigenvalue weighted by Crippen LogP contribution is -2.31. The van der Waals surface area contributed by atoms with Crippen LogP contribution < -0.4 is 0 Å². The van der Waals surface area contributed by atoms with Gasteiger partial charge in [0.25, 0.3) is 0 Å². The summed E-state index contributed by atoms with van der Waals surface area (Å²) in [6.07, 6.45) is 0.471. The Balaban J connectivity index is 2.21. The van der Waals surface area contributed by atoms with Crippen LogP contribution >= 0.6 is 0 Å². The van der Waals surface area contributed by atoms with E-state index >= 15 is 0 Å². The zero-order chi connectivity index (χ0) is 10.8. The number of ether oxygens (including phenoxy) is 1. The minimum Gasteiger partial charge on any atom is -0.355 e. The van der Waals surface area contributed by atoms with Gasteiger partial charge in [-0.2, -0.15) is 0 Å². The van der Waals surface area contributed by atoms with Crippen LogP contribution in [0.1, 0.15) is 32.6 Å². The normalized spacial score (nSPS) is 27.5. The summed E-state index contributed by atoms with van der Waals surface area (Å²) in [6.45, 7) is 7.60.